The van der Waals surface area contributed by atoms with Gasteiger partial charge in [-0.05, 0) is 63.7 Å². The van der Waals surface area contributed by atoms with E-state index < -0.39 is 0 Å². The summed E-state index contributed by atoms with van der Waals surface area (Å²) in [5.74, 6) is 0.657. The van der Waals surface area contributed by atoms with Crippen molar-refractivity contribution in [2.24, 2.45) is 0 Å². The zero-order chi connectivity index (χ0) is 28.8. The number of para-hydroxylation sites is 1. The van der Waals surface area contributed by atoms with E-state index in [2.05, 4.69) is 103 Å². The topological polar surface area (TPSA) is 52.1 Å². The fourth-order valence-corrected chi connectivity index (χ4v) is 6.92. The molecule has 10 rings (SSSR count). The van der Waals surface area contributed by atoms with Gasteiger partial charge in [0.15, 0.2) is 11.4 Å². The summed E-state index contributed by atoms with van der Waals surface area (Å²) in [4.78, 5) is 10.5. The van der Waals surface area contributed by atoms with Gasteiger partial charge in [-0.15, -0.1) is 0 Å². The minimum atomic E-state index is 0.657. The van der Waals surface area contributed by atoms with Crippen LogP contribution in [0.15, 0.2) is 142 Å². The van der Waals surface area contributed by atoms with E-state index in [1.807, 2.05) is 30.3 Å². The molecule has 7 aromatic carbocycles. The highest BCUT2D eigenvalue weighted by Crippen LogP contribution is 2.46. The fraction of sp³-hybridized carbons (Fsp3) is 0. The first-order valence-electron chi connectivity index (χ1n) is 14.8. The Kier molecular flexibility index (Phi) is 4.69. The van der Waals surface area contributed by atoms with Gasteiger partial charge in [0, 0.05) is 32.7 Å². The maximum absolute atomic E-state index is 6.47. The van der Waals surface area contributed by atoms with Crippen molar-refractivity contribution in [3.8, 4) is 33.8 Å². The lowest BCUT2D eigenvalue weighted by atomic mass is 9.91. The molecule has 44 heavy (non-hydrogen) atoms. The Morgan fingerprint density at radius 2 is 1.07 bits per heavy atom. The summed E-state index contributed by atoms with van der Waals surface area (Å²) in [6, 6.07) is 46.0. The zero-order valence-corrected chi connectivity index (χ0v) is 23.4. The first-order valence-corrected chi connectivity index (χ1v) is 14.8. The van der Waals surface area contributed by atoms with E-state index in [1.165, 1.54) is 10.8 Å². The van der Waals surface area contributed by atoms with Gasteiger partial charge < -0.3 is 8.83 Å². The third-order valence-electron chi connectivity index (χ3n) is 8.85. The van der Waals surface area contributed by atoms with Crippen LogP contribution in [0.25, 0.3) is 99.3 Å². The van der Waals surface area contributed by atoms with Gasteiger partial charge in [0.1, 0.15) is 28.0 Å². The van der Waals surface area contributed by atoms with Crippen LogP contribution in [0.1, 0.15) is 0 Å². The molecule has 0 unspecified atom stereocenters. The van der Waals surface area contributed by atoms with Crippen LogP contribution >= 0.6 is 0 Å². The minimum absolute atomic E-state index is 0.657. The van der Waals surface area contributed by atoms with Crippen molar-refractivity contribution in [3.63, 3.8) is 0 Å². The number of hydrogen-bond donors (Lipinski definition) is 0. The molecule has 0 N–H and O–H groups in total. The van der Waals surface area contributed by atoms with E-state index in [1.54, 1.807) is 0 Å². The molecular formula is C40H22N2O2. The van der Waals surface area contributed by atoms with Gasteiger partial charge in [-0.2, -0.15) is 0 Å². The van der Waals surface area contributed by atoms with Gasteiger partial charge in [-0.25, -0.2) is 9.97 Å². The summed E-state index contributed by atoms with van der Waals surface area (Å²) in [5.41, 5.74) is 9.03. The maximum Gasteiger partial charge on any atom is 0.180 e. The Morgan fingerprint density at radius 3 is 1.98 bits per heavy atom. The van der Waals surface area contributed by atoms with Crippen molar-refractivity contribution in [1.29, 1.82) is 0 Å². The van der Waals surface area contributed by atoms with E-state index in [0.717, 1.165) is 77.1 Å². The highest BCUT2D eigenvalue weighted by molar-refractivity contribution is 6.35. The van der Waals surface area contributed by atoms with Crippen LogP contribution in [0.5, 0.6) is 0 Å². The number of fused-ring (bicyclic) bond motifs is 6. The largest absolute Gasteiger partial charge is 0.456 e. The Bertz CT molecular complexity index is 2720. The summed E-state index contributed by atoms with van der Waals surface area (Å²) in [6.45, 7) is 0. The molecule has 0 saturated carbocycles. The number of aromatic nitrogens is 2. The number of hydrogen-bond acceptors (Lipinski definition) is 4. The van der Waals surface area contributed by atoms with Crippen LogP contribution in [-0.2, 0) is 0 Å². The van der Waals surface area contributed by atoms with Gasteiger partial charge in [0.25, 0.3) is 0 Å². The molecule has 4 nitrogen and oxygen atoms in total. The van der Waals surface area contributed by atoms with E-state index in [9.17, 15) is 0 Å². The molecule has 0 radical (unpaired) electrons. The molecule has 0 amide bonds. The number of furan rings is 2. The van der Waals surface area contributed by atoms with Crippen LogP contribution in [0, 0.1) is 0 Å². The molecule has 4 heteroatoms. The molecule has 0 spiro atoms. The van der Waals surface area contributed by atoms with Gasteiger partial charge in [0.2, 0.25) is 0 Å². The lowest BCUT2D eigenvalue weighted by molar-refractivity contribution is 0.667. The number of rotatable bonds is 3. The monoisotopic (exact) mass is 562 g/mol. The highest BCUT2D eigenvalue weighted by Gasteiger charge is 2.23. The normalized spacial score (nSPS) is 12.1. The van der Waals surface area contributed by atoms with Gasteiger partial charge in [0.05, 0.1) is 0 Å². The molecule has 0 bridgehead atoms. The van der Waals surface area contributed by atoms with Crippen molar-refractivity contribution < 1.29 is 8.83 Å². The predicted molar refractivity (Wildman–Crippen MR) is 179 cm³/mol. The van der Waals surface area contributed by atoms with Gasteiger partial charge >= 0.3 is 0 Å². The van der Waals surface area contributed by atoms with Gasteiger partial charge in [-0.1, -0.05) is 97.1 Å². The van der Waals surface area contributed by atoms with Crippen LogP contribution < -0.4 is 0 Å². The zero-order valence-electron chi connectivity index (χ0n) is 23.4. The molecule has 10 aromatic rings. The third-order valence-corrected chi connectivity index (χ3v) is 8.85. The van der Waals surface area contributed by atoms with E-state index in [-0.39, 0.29) is 0 Å². The summed E-state index contributed by atoms with van der Waals surface area (Å²) >= 11 is 0. The standard InChI is InChI=1S/C40H22N2O2/c1-2-10-23(11-3-1)24-12-8-13-25(22-24)37-39-38(29-16-6-7-18-31(29)44-39)42-40(41-37)30-20-21-33-36-34(30)27-15-5-4-14-26(27)28-17-9-19-32(43-33)35(28)36/h1-22H. The average Bonchev–Trinajstić information content (AvgIpc) is 3.67. The number of benzene rings is 7. The second-order valence-electron chi connectivity index (χ2n) is 11.3. The molecule has 0 aliphatic carbocycles. The highest BCUT2D eigenvalue weighted by atomic mass is 16.3. The van der Waals surface area contributed by atoms with E-state index >= 15 is 0 Å². The Balaban J connectivity index is 1.33. The van der Waals surface area contributed by atoms with Crippen molar-refractivity contribution in [2.75, 3.05) is 0 Å². The Morgan fingerprint density at radius 1 is 0.409 bits per heavy atom. The first-order chi connectivity index (χ1) is 21.8. The van der Waals surface area contributed by atoms with Crippen molar-refractivity contribution in [1.82, 2.24) is 9.97 Å². The second kappa shape index (κ2) is 8.76. The summed E-state index contributed by atoms with van der Waals surface area (Å²) in [5, 5.41) is 7.86. The Hall–Kier alpha value is -6.00. The SMILES string of the molecule is c1ccc(-c2cccc(-c3nc(-c4ccc5oc6cccc7c8ccccc8c4c5c67)nc4c3oc3ccccc34)c2)cc1. The first kappa shape index (κ1) is 23.6. The average molecular weight is 563 g/mol. The van der Waals surface area contributed by atoms with Gasteiger partial charge in [-0.3, -0.25) is 0 Å². The fourth-order valence-electron chi connectivity index (χ4n) is 6.92. The molecule has 3 heterocycles. The molecule has 0 atom stereocenters. The lowest BCUT2D eigenvalue weighted by Gasteiger charge is -2.13. The van der Waals surface area contributed by atoms with E-state index in [0.29, 0.717) is 11.4 Å². The molecule has 0 fully saturated rings. The molecule has 3 aromatic heterocycles. The van der Waals surface area contributed by atoms with E-state index in [4.69, 9.17) is 18.8 Å². The van der Waals surface area contributed by atoms with Crippen LogP contribution in [0.2, 0.25) is 0 Å². The summed E-state index contributed by atoms with van der Waals surface area (Å²) in [6.07, 6.45) is 0. The smallest absolute Gasteiger partial charge is 0.180 e. The molecule has 0 aliphatic heterocycles. The van der Waals surface area contributed by atoms with Crippen LogP contribution in [-0.4, -0.2) is 9.97 Å². The van der Waals surface area contributed by atoms with Crippen molar-refractivity contribution >= 4 is 65.6 Å². The van der Waals surface area contributed by atoms with Crippen LogP contribution in [0.4, 0.5) is 0 Å². The predicted octanol–water partition coefficient (Wildman–Crippen LogP) is 11.0. The maximum atomic E-state index is 6.47. The quantitative estimate of drug-likeness (QED) is 0.201. The second-order valence-corrected chi connectivity index (χ2v) is 11.3. The van der Waals surface area contributed by atoms with Crippen molar-refractivity contribution in [3.05, 3.63) is 133 Å². The Labute approximate surface area is 251 Å². The van der Waals surface area contributed by atoms with Crippen LogP contribution in [0.3, 0.4) is 0 Å². The molecule has 0 aliphatic rings. The molecule has 0 saturated heterocycles. The minimum Gasteiger partial charge on any atom is -0.456 e. The third kappa shape index (κ3) is 3.22. The number of nitrogens with zero attached hydrogens (tertiary/aromatic N) is 2. The molecular weight excluding hydrogens is 540 g/mol. The molecule has 204 valence electrons. The lowest BCUT2D eigenvalue weighted by Crippen LogP contribution is -1.95. The summed E-state index contributed by atoms with van der Waals surface area (Å²) in [7, 11) is 0. The summed E-state index contributed by atoms with van der Waals surface area (Å²) < 4.78 is 12.9. The van der Waals surface area contributed by atoms with Crippen molar-refractivity contribution in [2.45, 2.75) is 0 Å².